The van der Waals surface area contributed by atoms with Gasteiger partial charge in [0.2, 0.25) is 0 Å². The molecule has 5 heteroatoms. The molecule has 1 aromatic carbocycles. The smallest absolute Gasteiger partial charge is 0.168 e. The van der Waals surface area contributed by atoms with Crippen LogP contribution in [0.4, 0.5) is 4.39 Å². The molecule has 0 aliphatic carbocycles. The zero-order valence-electron chi connectivity index (χ0n) is 9.91. The lowest BCUT2D eigenvalue weighted by atomic mass is 10.1. The van der Waals surface area contributed by atoms with Crippen LogP contribution in [0.15, 0.2) is 24.5 Å². The van der Waals surface area contributed by atoms with Crippen LogP contribution < -0.4 is 0 Å². The second kappa shape index (κ2) is 4.11. The Morgan fingerprint density at radius 1 is 1.29 bits per heavy atom. The zero-order chi connectivity index (χ0) is 12.6. The Bertz CT molecular complexity index is 523. The number of nitrogens with zero attached hydrogens (tertiary/aromatic N) is 3. The van der Waals surface area contributed by atoms with Crippen molar-refractivity contribution in [2.45, 2.75) is 26.3 Å². The molecule has 0 aliphatic rings. The molecule has 0 bridgehead atoms. The van der Waals surface area contributed by atoms with Gasteiger partial charge in [0.25, 0.3) is 0 Å². The second-order valence-corrected chi connectivity index (χ2v) is 5.20. The largest absolute Gasteiger partial charge is 0.308 e. The lowest BCUT2D eigenvalue weighted by Gasteiger charge is -2.22. The van der Waals surface area contributed by atoms with Crippen LogP contribution in [0.1, 0.15) is 20.8 Å². The van der Waals surface area contributed by atoms with Gasteiger partial charge in [0.15, 0.2) is 5.82 Å². The van der Waals surface area contributed by atoms with E-state index in [9.17, 15) is 4.39 Å². The Kier molecular flexibility index (Phi) is 2.91. The van der Waals surface area contributed by atoms with Crippen LogP contribution in [0.5, 0.6) is 0 Å². The minimum atomic E-state index is -0.393. The van der Waals surface area contributed by atoms with E-state index in [0.717, 1.165) is 0 Å². The number of rotatable bonds is 1. The second-order valence-electron chi connectivity index (χ2n) is 4.79. The third kappa shape index (κ3) is 2.17. The maximum Gasteiger partial charge on any atom is 0.168 e. The SMILES string of the molecule is CC(C)(C)n1cnnc1-c1c(F)cccc1Cl. The average Bonchev–Trinajstić information content (AvgIpc) is 2.65. The first-order chi connectivity index (χ1) is 7.91. The molecule has 0 amide bonds. The first kappa shape index (κ1) is 12.0. The van der Waals surface area contributed by atoms with E-state index < -0.39 is 5.82 Å². The Morgan fingerprint density at radius 3 is 2.59 bits per heavy atom. The maximum absolute atomic E-state index is 13.8. The van der Waals surface area contributed by atoms with Crippen molar-refractivity contribution in [3.05, 3.63) is 35.4 Å². The van der Waals surface area contributed by atoms with Gasteiger partial charge in [0.1, 0.15) is 12.1 Å². The number of hydrogen-bond donors (Lipinski definition) is 0. The number of benzene rings is 1. The highest BCUT2D eigenvalue weighted by atomic mass is 35.5. The monoisotopic (exact) mass is 253 g/mol. The summed E-state index contributed by atoms with van der Waals surface area (Å²) in [6, 6.07) is 4.57. The Morgan fingerprint density at radius 2 is 2.00 bits per heavy atom. The molecule has 0 saturated heterocycles. The first-order valence-corrected chi connectivity index (χ1v) is 5.64. The molecule has 0 unspecified atom stereocenters. The van der Waals surface area contributed by atoms with Gasteiger partial charge in [-0.2, -0.15) is 0 Å². The van der Waals surface area contributed by atoms with Crippen LogP contribution in [0.2, 0.25) is 5.02 Å². The Hall–Kier alpha value is -1.42. The first-order valence-electron chi connectivity index (χ1n) is 5.26. The van der Waals surface area contributed by atoms with Crippen molar-refractivity contribution in [3.63, 3.8) is 0 Å². The van der Waals surface area contributed by atoms with Gasteiger partial charge in [-0.05, 0) is 32.9 Å². The van der Waals surface area contributed by atoms with Crippen LogP contribution in [0.25, 0.3) is 11.4 Å². The van der Waals surface area contributed by atoms with Gasteiger partial charge in [0, 0.05) is 5.54 Å². The van der Waals surface area contributed by atoms with E-state index in [2.05, 4.69) is 10.2 Å². The summed E-state index contributed by atoms with van der Waals surface area (Å²) in [6.07, 6.45) is 1.58. The Balaban J connectivity index is 2.66. The van der Waals surface area contributed by atoms with Gasteiger partial charge >= 0.3 is 0 Å². The van der Waals surface area contributed by atoms with E-state index in [0.29, 0.717) is 16.4 Å². The molecule has 0 spiro atoms. The highest BCUT2D eigenvalue weighted by molar-refractivity contribution is 6.33. The third-order valence-corrected chi connectivity index (χ3v) is 2.77. The molecule has 0 N–H and O–H groups in total. The number of aromatic nitrogens is 3. The predicted octanol–water partition coefficient (Wildman–Crippen LogP) is 3.49. The van der Waals surface area contributed by atoms with E-state index in [4.69, 9.17) is 11.6 Å². The average molecular weight is 254 g/mol. The number of halogens is 2. The highest BCUT2D eigenvalue weighted by Crippen LogP contribution is 2.31. The van der Waals surface area contributed by atoms with E-state index in [1.54, 1.807) is 23.0 Å². The summed E-state index contributed by atoms with van der Waals surface area (Å²) >= 11 is 6.02. The van der Waals surface area contributed by atoms with E-state index in [-0.39, 0.29) is 5.54 Å². The molecule has 3 nitrogen and oxygen atoms in total. The van der Waals surface area contributed by atoms with E-state index >= 15 is 0 Å². The fraction of sp³-hybridized carbons (Fsp3) is 0.333. The molecule has 0 saturated carbocycles. The van der Waals surface area contributed by atoms with Crippen molar-refractivity contribution < 1.29 is 4.39 Å². The lowest BCUT2D eigenvalue weighted by molar-refractivity contribution is 0.399. The molecule has 1 aromatic heterocycles. The predicted molar refractivity (Wildman–Crippen MR) is 65.4 cm³/mol. The van der Waals surface area contributed by atoms with Crippen LogP contribution >= 0.6 is 11.6 Å². The van der Waals surface area contributed by atoms with Gasteiger partial charge in [-0.3, -0.25) is 0 Å². The minimum Gasteiger partial charge on any atom is -0.308 e. The van der Waals surface area contributed by atoms with E-state index in [1.165, 1.54) is 6.07 Å². The quantitative estimate of drug-likeness (QED) is 0.779. The standard InChI is InChI=1S/C12H13ClFN3/c1-12(2,3)17-7-15-16-11(17)10-8(13)5-4-6-9(10)14/h4-7H,1-3H3. The van der Waals surface area contributed by atoms with Crippen molar-refractivity contribution in [1.29, 1.82) is 0 Å². The van der Waals surface area contributed by atoms with Crippen LogP contribution in [-0.2, 0) is 5.54 Å². The molecular formula is C12H13ClFN3. The van der Waals surface area contributed by atoms with Crippen molar-refractivity contribution in [2.75, 3.05) is 0 Å². The van der Waals surface area contributed by atoms with Gasteiger partial charge in [0.05, 0.1) is 10.6 Å². The summed E-state index contributed by atoms with van der Waals surface area (Å²) in [7, 11) is 0. The summed E-state index contributed by atoms with van der Waals surface area (Å²) in [5, 5.41) is 8.13. The zero-order valence-corrected chi connectivity index (χ0v) is 10.7. The Labute approximate surface area is 104 Å². The molecule has 90 valence electrons. The highest BCUT2D eigenvalue weighted by Gasteiger charge is 2.22. The van der Waals surface area contributed by atoms with Crippen molar-refractivity contribution in [3.8, 4) is 11.4 Å². The molecule has 0 radical (unpaired) electrons. The van der Waals surface area contributed by atoms with Crippen molar-refractivity contribution >= 4 is 11.6 Å². The minimum absolute atomic E-state index is 0.232. The summed E-state index contributed by atoms with van der Waals surface area (Å²) in [5.41, 5.74) is 0.0614. The molecule has 2 aromatic rings. The van der Waals surface area contributed by atoms with Gasteiger partial charge in [-0.15, -0.1) is 10.2 Å². The molecule has 17 heavy (non-hydrogen) atoms. The molecule has 2 rings (SSSR count). The van der Waals surface area contributed by atoms with Crippen LogP contribution in [0.3, 0.4) is 0 Å². The fourth-order valence-corrected chi connectivity index (χ4v) is 1.86. The maximum atomic E-state index is 13.8. The summed E-state index contributed by atoms with van der Waals surface area (Å²) in [6.45, 7) is 5.98. The summed E-state index contributed by atoms with van der Waals surface area (Å²) in [5.74, 6) is 0.0524. The molecule has 0 fully saturated rings. The van der Waals surface area contributed by atoms with Gasteiger partial charge < -0.3 is 4.57 Å². The van der Waals surface area contributed by atoms with Gasteiger partial charge in [-0.25, -0.2) is 4.39 Å². The number of hydrogen-bond acceptors (Lipinski definition) is 2. The molecular weight excluding hydrogens is 241 g/mol. The van der Waals surface area contributed by atoms with Crippen LogP contribution in [0, 0.1) is 5.82 Å². The molecule has 1 heterocycles. The van der Waals surface area contributed by atoms with Crippen molar-refractivity contribution in [2.24, 2.45) is 0 Å². The van der Waals surface area contributed by atoms with Crippen molar-refractivity contribution in [1.82, 2.24) is 14.8 Å². The fourth-order valence-electron chi connectivity index (χ4n) is 1.61. The lowest BCUT2D eigenvalue weighted by Crippen LogP contribution is -2.22. The summed E-state index contributed by atoms with van der Waals surface area (Å²) in [4.78, 5) is 0. The molecule has 0 aliphatic heterocycles. The normalized spacial score (nSPS) is 11.8. The van der Waals surface area contributed by atoms with Gasteiger partial charge in [-0.1, -0.05) is 17.7 Å². The van der Waals surface area contributed by atoms with E-state index in [1.807, 2.05) is 20.8 Å². The summed E-state index contributed by atoms with van der Waals surface area (Å²) < 4.78 is 15.6. The van der Waals surface area contributed by atoms with Crippen LogP contribution in [-0.4, -0.2) is 14.8 Å². The topological polar surface area (TPSA) is 30.7 Å². The third-order valence-electron chi connectivity index (χ3n) is 2.46. The molecule has 0 atom stereocenters.